The monoisotopic (exact) mass is 309 g/mol. The SMILES string of the molecule is CN(C)CCn1cc(C(N)=O)c2cc(Br)ccc21. The van der Waals surface area contributed by atoms with Gasteiger partial charge >= 0.3 is 0 Å². The standard InChI is InChI=1S/C13H16BrN3O/c1-16(2)5-6-17-8-11(13(15)18)10-7-9(14)3-4-12(10)17/h3-4,7-8H,5-6H2,1-2H3,(H2,15,18). The molecule has 1 amide bonds. The first-order chi connectivity index (χ1) is 8.49. The molecule has 0 unspecified atom stereocenters. The van der Waals surface area contributed by atoms with E-state index in [0.717, 1.165) is 28.5 Å². The molecule has 1 aromatic carbocycles. The van der Waals surface area contributed by atoms with Crippen molar-refractivity contribution in [2.75, 3.05) is 20.6 Å². The second kappa shape index (κ2) is 5.12. The molecule has 0 atom stereocenters. The van der Waals surface area contributed by atoms with Crippen LogP contribution in [-0.4, -0.2) is 36.0 Å². The zero-order valence-electron chi connectivity index (χ0n) is 10.5. The van der Waals surface area contributed by atoms with Crippen molar-refractivity contribution in [1.82, 2.24) is 9.47 Å². The van der Waals surface area contributed by atoms with Crippen LogP contribution in [0.1, 0.15) is 10.4 Å². The molecule has 2 rings (SSSR count). The van der Waals surface area contributed by atoms with Gasteiger partial charge in [0.05, 0.1) is 5.56 Å². The number of benzene rings is 1. The topological polar surface area (TPSA) is 51.3 Å². The van der Waals surface area contributed by atoms with Crippen LogP contribution in [0.3, 0.4) is 0 Å². The molecular formula is C13H16BrN3O. The molecule has 4 nitrogen and oxygen atoms in total. The van der Waals surface area contributed by atoms with Crippen LogP contribution in [0.5, 0.6) is 0 Å². The number of primary amides is 1. The van der Waals surface area contributed by atoms with Gasteiger partial charge in [-0.1, -0.05) is 15.9 Å². The lowest BCUT2D eigenvalue weighted by Crippen LogP contribution is -2.18. The maximum absolute atomic E-state index is 11.5. The summed E-state index contributed by atoms with van der Waals surface area (Å²) in [6, 6.07) is 5.91. The smallest absolute Gasteiger partial charge is 0.250 e. The largest absolute Gasteiger partial charge is 0.366 e. The first kappa shape index (κ1) is 13.1. The third-order valence-corrected chi connectivity index (χ3v) is 3.39. The summed E-state index contributed by atoms with van der Waals surface area (Å²) in [5, 5.41) is 0.899. The number of halogens is 1. The maximum atomic E-state index is 11.5. The fraction of sp³-hybridized carbons (Fsp3) is 0.308. The van der Waals surface area contributed by atoms with Gasteiger partial charge in [-0.25, -0.2) is 0 Å². The van der Waals surface area contributed by atoms with Gasteiger partial charge in [0, 0.05) is 34.7 Å². The van der Waals surface area contributed by atoms with E-state index < -0.39 is 0 Å². The minimum atomic E-state index is -0.387. The molecule has 0 aliphatic rings. The van der Waals surface area contributed by atoms with Gasteiger partial charge in [-0.05, 0) is 32.3 Å². The van der Waals surface area contributed by atoms with E-state index in [1.807, 2.05) is 38.5 Å². The van der Waals surface area contributed by atoms with Crippen molar-refractivity contribution in [3.63, 3.8) is 0 Å². The minimum Gasteiger partial charge on any atom is -0.366 e. The molecule has 0 saturated heterocycles. The number of likely N-dealkylation sites (N-methyl/N-ethyl adjacent to an activating group) is 1. The zero-order chi connectivity index (χ0) is 13.3. The molecule has 2 aromatic rings. The summed E-state index contributed by atoms with van der Waals surface area (Å²) in [5.74, 6) is -0.387. The molecule has 2 N–H and O–H groups in total. The van der Waals surface area contributed by atoms with Crippen LogP contribution in [0.15, 0.2) is 28.9 Å². The fourth-order valence-electron chi connectivity index (χ4n) is 1.96. The van der Waals surface area contributed by atoms with E-state index >= 15 is 0 Å². The Balaban J connectivity index is 2.50. The zero-order valence-corrected chi connectivity index (χ0v) is 12.1. The number of rotatable bonds is 4. The van der Waals surface area contributed by atoms with E-state index in [4.69, 9.17) is 5.73 Å². The van der Waals surface area contributed by atoms with Crippen molar-refractivity contribution < 1.29 is 4.79 Å². The van der Waals surface area contributed by atoms with Crippen LogP contribution in [0.25, 0.3) is 10.9 Å². The second-order valence-electron chi connectivity index (χ2n) is 4.57. The Bertz CT molecular complexity index is 589. The lowest BCUT2D eigenvalue weighted by molar-refractivity contribution is 0.100. The predicted molar refractivity (Wildman–Crippen MR) is 76.7 cm³/mol. The second-order valence-corrected chi connectivity index (χ2v) is 5.48. The first-order valence-electron chi connectivity index (χ1n) is 5.72. The minimum absolute atomic E-state index is 0.387. The van der Waals surface area contributed by atoms with E-state index in [1.165, 1.54) is 0 Å². The van der Waals surface area contributed by atoms with Crippen molar-refractivity contribution in [2.45, 2.75) is 6.54 Å². The molecule has 0 aliphatic carbocycles. The van der Waals surface area contributed by atoms with Gasteiger partial charge in [0.15, 0.2) is 0 Å². The molecule has 1 heterocycles. The Morgan fingerprint density at radius 3 is 2.78 bits per heavy atom. The van der Waals surface area contributed by atoms with Gasteiger partial charge in [0.2, 0.25) is 0 Å². The lowest BCUT2D eigenvalue weighted by Gasteiger charge is -2.11. The van der Waals surface area contributed by atoms with Crippen molar-refractivity contribution in [2.24, 2.45) is 5.73 Å². The van der Waals surface area contributed by atoms with Gasteiger partial charge in [0.1, 0.15) is 0 Å². The molecule has 18 heavy (non-hydrogen) atoms. The van der Waals surface area contributed by atoms with E-state index in [0.29, 0.717) is 5.56 Å². The molecule has 96 valence electrons. The summed E-state index contributed by atoms with van der Waals surface area (Å²) in [6.45, 7) is 1.75. The Morgan fingerprint density at radius 1 is 1.44 bits per heavy atom. The van der Waals surface area contributed by atoms with E-state index in [-0.39, 0.29) is 5.91 Å². The Kier molecular flexibility index (Phi) is 3.73. The number of amides is 1. The Labute approximate surface area is 114 Å². The van der Waals surface area contributed by atoms with Gasteiger partial charge in [-0.3, -0.25) is 4.79 Å². The number of carbonyl (C=O) groups excluding carboxylic acids is 1. The highest BCUT2D eigenvalue weighted by Gasteiger charge is 2.12. The quantitative estimate of drug-likeness (QED) is 0.940. The van der Waals surface area contributed by atoms with Crippen LogP contribution in [0.4, 0.5) is 0 Å². The Morgan fingerprint density at radius 2 is 2.17 bits per heavy atom. The van der Waals surface area contributed by atoms with Crippen molar-refractivity contribution in [3.05, 3.63) is 34.4 Å². The highest BCUT2D eigenvalue weighted by molar-refractivity contribution is 9.10. The third kappa shape index (κ3) is 2.57. The first-order valence-corrected chi connectivity index (χ1v) is 6.51. The van der Waals surface area contributed by atoms with Crippen LogP contribution in [-0.2, 0) is 6.54 Å². The molecule has 5 heteroatoms. The maximum Gasteiger partial charge on any atom is 0.250 e. The summed E-state index contributed by atoms with van der Waals surface area (Å²) in [6.07, 6.45) is 1.84. The summed E-state index contributed by atoms with van der Waals surface area (Å²) >= 11 is 3.42. The van der Waals surface area contributed by atoms with Crippen LogP contribution < -0.4 is 5.73 Å². The highest BCUT2D eigenvalue weighted by atomic mass is 79.9. The number of carbonyl (C=O) groups is 1. The van der Waals surface area contributed by atoms with E-state index in [2.05, 4.69) is 25.4 Å². The summed E-state index contributed by atoms with van der Waals surface area (Å²) in [4.78, 5) is 13.6. The molecule has 0 bridgehead atoms. The molecular weight excluding hydrogens is 294 g/mol. The Hall–Kier alpha value is -1.33. The molecule has 0 saturated carbocycles. The van der Waals surface area contributed by atoms with Crippen molar-refractivity contribution in [3.8, 4) is 0 Å². The van der Waals surface area contributed by atoms with Gasteiger partial charge in [0.25, 0.3) is 5.91 Å². The number of fused-ring (bicyclic) bond motifs is 1. The third-order valence-electron chi connectivity index (χ3n) is 2.90. The summed E-state index contributed by atoms with van der Waals surface area (Å²) in [5.41, 5.74) is 7.03. The van der Waals surface area contributed by atoms with Gasteiger partial charge in [-0.15, -0.1) is 0 Å². The highest BCUT2D eigenvalue weighted by Crippen LogP contribution is 2.25. The molecule has 0 aliphatic heterocycles. The van der Waals surface area contributed by atoms with Crippen LogP contribution in [0, 0.1) is 0 Å². The predicted octanol–water partition coefficient (Wildman–Crippen LogP) is 2.06. The van der Waals surface area contributed by atoms with Gasteiger partial charge in [-0.2, -0.15) is 0 Å². The fourth-order valence-corrected chi connectivity index (χ4v) is 2.32. The number of hydrogen-bond acceptors (Lipinski definition) is 2. The molecule has 0 fully saturated rings. The van der Waals surface area contributed by atoms with Crippen molar-refractivity contribution in [1.29, 1.82) is 0 Å². The summed E-state index contributed by atoms with van der Waals surface area (Å²) < 4.78 is 3.02. The molecule has 0 spiro atoms. The van der Waals surface area contributed by atoms with E-state index in [9.17, 15) is 4.79 Å². The van der Waals surface area contributed by atoms with Gasteiger partial charge < -0.3 is 15.2 Å². The average molecular weight is 310 g/mol. The number of hydrogen-bond donors (Lipinski definition) is 1. The number of nitrogens with two attached hydrogens (primary N) is 1. The lowest BCUT2D eigenvalue weighted by atomic mass is 10.2. The van der Waals surface area contributed by atoms with E-state index in [1.54, 1.807) is 0 Å². The summed E-state index contributed by atoms with van der Waals surface area (Å²) in [7, 11) is 4.05. The number of nitrogens with zero attached hydrogens (tertiary/aromatic N) is 2. The normalized spacial score (nSPS) is 11.3. The molecule has 1 aromatic heterocycles. The van der Waals surface area contributed by atoms with Crippen molar-refractivity contribution >= 4 is 32.7 Å². The molecule has 0 radical (unpaired) electrons. The number of aromatic nitrogens is 1. The average Bonchev–Trinajstić information content (AvgIpc) is 2.64. The van der Waals surface area contributed by atoms with Crippen LogP contribution in [0.2, 0.25) is 0 Å². The van der Waals surface area contributed by atoms with Crippen LogP contribution >= 0.6 is 15.9 Å².